The zero-order chi connectivity index (χ0) is 18.8. The van der Waals surface area contributed by atoms with Crippen LogP contribution in [0.3, 0.4) is 0 Å². The molecule has 1 heterocycles. The highest BCUT2D eigenvalue weighted by Crippen LogP contribution is 2.35. The Morgan fingerprint density at radius 1 is 1.35 bits per heavy atom. The van der Waals surface area contributed by atoms with Gasteiger partial charge in [0, 0.05) is 38.8 Å². The maximum Gasteiger partial charge on any atom is 0.193 e. The van der Waals surface area contributed by atoms with Gasteiger partial charge in [0.05, 0.1) is 6.54 Å². The van der Waals surface area contributed by atoms with E-state index in [1.807, 2.05) is 18.2 Å². The molecule has 1 aliphatic rings. The molecule has 144 valence electrons. The van der Waals surface area contributed by atoms with Gasteiger partial charge < -0.3 is 15.0 Å². The van der Waals surface area contributed by atoms with Gasteiger partial charge in [0.15, 0.2) is 5.96 Å². The first-order valence-corrected chi connectivity index (χ1v) is 9.55. The van der Waals surface area contributed by atoms with E-state index in [-0.39, 0.29) is 11.2 Å². The summed E-state index contributed by atoms with van der Waals surface area (Å²) in [5.74, 6) is 0.722. The van der Waals surface area contributed by atoms with Gasteiger partial charge in [-0.15, -0.1) is 6.58 Å². The Labute approximate surface area is 157 Å². The van der Waals surface area contributed by atoms with E-state index in [1.54, 1.807) is 12.1 Å². The normalized spacial score (nSPS) is 17.0. The minimum absolute atomic E-state index is 0.0887. The summed E-state index contributed by atoms with van der Waals surface area (Å²) in [6.07, 6.45) is 5.81. The Morgan fingerprint density at radius 2 is 2.04 bits per heavy atom. The van der Waals surface area contributed by atoms with E-state index in [2.05, 4.69) is 30.8 Å². The van der Waals surface area contributed by atoms with Crippen molar-refractivity contribution in [1.29, 1.82) is 0 Å². The number of ether oxygens (including phenoxy) is 1. The van der Waals surface area contributed by atoms with E-state index in [0.717, 1.165) is 63.5 Å². The Bertz CT molecular complexity index is 579. The van der Waals surface area contributed by atoms with E-state index in [1.165, 1.54) is 0 Å². The molecule has 1 saturated heterocycles. The lowest BCUT2D eigenvalue weighted by atomic mass is 9.74. The maximum absolute atomic E-state index is 13.4. The molecule has 0 amide bonds. The quantitative estimate of drug-likeness (QED) is 0.332. The molecule has 26 heavy (non-hydrogen) atoms. The summed E-state index contributed by atoms with van der Waals surface area (Å²) >= 11 is 0. The van der Waals surface area contributed by atoms with Crippen molar-refractivity contribution in [3.05, 3.63) is 48.3 Å². The molecular formula is C21H32FN3O. The molecule has 1 fully saturated rings. The predicted octanol–water partition coefficient (Wildman–Crippen LogP) is 3.74. The zero-order valence-corrected chi connectivity index (χ0v) is 16.1. The van der Waals surface area contributed by atoms with Crippen molar-refractivity contribution in [1.82, 2.24) is 10.2 Å². The number of allylic oxidation sites excluding steroid dienone is 1. The van der Waals surface area contributed by atoms with Gasteiger partial charge in [-0.25, -0.2) is 4.39 Å². The Hall–Kier alpha value is -1.88. The smallest absolute Gasteiger partial charge is 0.193 e. The number of nitrogens with zero attached hydrogens (tertiary/aromatic N) is 2. The van der Waals surface area contributed by atoms with Gasteiger partial charge in [-0.2, -0.15) is 0 Å². The summed E-state index contributed by atoms with van der Waals surface area (Å²) in [7, 11) is 2.07. The fourth-order valence-electron chi connectivity index (χ4n) is 3.38. The van der Waals surface area contributed by atoms with Crippen LogP contribution in [0.25, 0.3) is 0 Å². The average Bonchev–Trinajstić information content (AvgIpc) is 2.66. The second-order valence-corrected chi connectivity index (χ2v) is 6.92. The lowest BCUT2D eigenvalue weighted by Gasteiger charge is -2.37. The lowest BCUT2D eigenvalue weighted by molar-refractivity contribution is 0.0530. The number of hydrogen-bond donors (Lipinski definition) is 1. The minimum atomic E-state index is -0.199. The van der Waals surface area contributed by atoms with Crippen LogP contribution in [0, 0.1) is 5.82 Å². The van der Waals surface area contributed by atoms with E-state index < -0.39 is 0 Å². The van der Waals surface area contributed by atoms with Gasteiger partial charge in [0.25, 0.3) is 0 Å². The van der Waals surface area contributed by atoms with Crippen LogP contribution in [-0.2, 0) is 10.2 Å². The standard InChI is InChI=1S/C21H32FN3O/c1-4-6-7-14-25(3)20(23-5-2)24-17-21(12-15-26-16-13-21)18-8-10-19(22)11-9-18/h4,8-11H,1,5-7,12-17H2,2-3H3,(H,23,24). The van der Waals surface area contributed by atoms with Gasteiger partial charge in [-0.05, 0) is 50.3 Å². The summed E-state index contributed by atoms with van der Waals surface area (Å²) in [5.41, 5.74) is 1.06. The second-order valence-electron chi connectivity index (χ2n) is 6.92. The number of rotatable bonds is 8. The van der Waals surface area contributed by atoms with Crippen LogP contribution in [0.5, 0.6) is 0 Å². The third-order valence-electron chi connectivity index (χ3n) is 5.04. The fraction of sp³-hybridized carbons (Fsp3) is 0.571. The van der Waals surface area contributed by atoms with Gasteiger partial charge in [-0.1, -0.05) is 18.2 Å². The average molecular weight is 362 g/mol. The molecule has 0 aliphatic carbocycles. The van der Waals surface area contributed by atoms with Crippen molar-refractivity contribution in [2.75, 3.05) is 39.9 Å². The predicted molar refractivity (Wildman–Crippen MR) is 106 cm³/mol. The Kier molecular flexibility index (Phi) is 8.10. The molecule has 0 bridgehead atoms. The van der Waals surface area contributed by atoms with Gasteiger partial charge in [-0.3, -0.25) is 4.99 Å². The highest BCUT2D eigenvalue weighted by atomic mass is 19.1. The van der Waals surface area contributed by atoms with Crippen LogP contribution in [0.2, 0.25) is 0 Å². The van der Waals surface area contributed by atoms with Gasteiger partial charge in [0.1, 0.15) is 5.82 Å². The van der Waals surface area contributed by atoms with Crippen molar-refractivity contribution in [3.63, 3.8) is 0 Å². The third kappa shape index (κ3) is 5.56. The summed E-state index contributed by atoms with van der Waals surface area (Å²) in [5, 5.41) is 3.39. The molecule has 0 spiro atoms. The van der Waals surface area contributed by atoms with Gasteiger partial charge >= 0.3 is 0 Å². The molecule has 0 aromatic heterocycles. The second kappa shape index (κ2) is 10.3. The number of halogens is 1. The van der Waals surface area contributed by atoms with Gasteiger partial charge in [0.2, 0.25) is 0 Å². The zero-order valence-electron chi connectivity index (χ0n) is 16.1. The number of guanidine groups is 1. The van der Waals surface area contributed by atoms with Crippen molar-refractivity contribution in [3.8, 4) is 0 Å². The van der Waals surface area contributed by atoms with Crippen molar-refractivity contribution in [2.45, 2.75) is 38.0 Å². The van der Waals surface area contributed by atoms with Crippen molar-refractivity contribution >= 4 is 5.96 Å². The van der Waals surface area contributed by atoms with E-state index >= 15 is 0 Å². The summed E-state index contributed by atoms with van der Waals surface area (Å²) in [6, 6.07) is 6.89. The van der Waals surface area contributed by atoms with E-state index in [4.69, 9.17) is 9.73 Å². The SMILES string of the molecule is C=CCCCN(C)C(=NCC1(c2ccc(F)cc2)CCOCC1)NCC. The number of hydrogen-bond acceptors (Lipinski definition) is 2. The van der Waals surface area contributed by atoms with Crippen LogP contribution >= 0.6 is 0 Å². The maximum atomic E-state index is 13.4. The molecule has 1 aromatic rings. The first kappa shape index (κ1) is 20.4. The van der Waals surface area contributed by atoms with E-state index in [0.29, 0.717) is 6.54 Å². The molecule has 5 heteroatoms. The summed E-state index contributed by atoms with van der Waals surface area (Å²) in [4.78, 5) is 7.11. The largest absolute Gasteiger partial charge is 0.381 e. The minimum Gasteiger partial charge on any atom is -0.381 e. The van der Waals surface area contributed by atoms with Crippen LogP contribution < -0.4 is 5.32 Å². The Balaban J connectivity index is 2.17. The molecule has 0 radical (unpaired) electrons. The van der Waals surface area contributed by atoms with Crippen LogP contribution in [0.1, 0.15) is 38.2 Å². The molecule has 1 aromatic carbocycles. The molecule has 0 atom stereocenters. The topological polar surface area (TPSA) is 36.9 Å². The first-order valence-electron chi connectivity index (χ1n) is 9.55. The van der Waals surface area contributed by atoms with Crippen molar-refractivity contribution < 1.29 is 9.13 Å². The molecule has 0 saturated carbocycles. The highest BCUT2D eigenvalue weighted by Gasteiger charge is 2.34. The summed E-state index contributed by atoms with van der Waals surface area (Å²) < 4.78 is 18.9. The summed E-state index contributed by atoms with van der Waals surface area (Å²) in [6.45, 7) is 9.75. The van der Waals surface area contributed by atoms with E-state index in [9.17, 15) is 4.39 Å². The number of unbranched alkanes of at least 4 members (excludes halogenated alkanes) is 1. The lowest BCUT2D eigenvalue weighted by Crippen LogP contribution is -2.42. The molecule has 2 rings (SSSR count). The van der Waals surface area contributed by atoms with Crippen LogP contribution in [0.4, 0.5) is 4.39 Å². The number of nitrogens with one attached hydrogen (secondary N) is 1. The van der Waals surface area contributed by atoms with Crippen LogP contribution in [0.15, 0.2) is 41.9 Å². The molecule has 4 nitrogen and oxygen atoms in total. The van der Waals surface area contributed by atoms with Crippen LogP contribution in [-0.4, -0.2) is 50.8 Å². The fourth-order valence-corrected chi connectivity index (χ4v) is 3.38. The van der Waals surface area contributed by atoms with Crippen molar-refractivity contribution in [2.24, 2.45) is 4.99 Å². The number of aliphatic imine (C=N–C) groups is 1. The third-order valence-corrected chi connectivity index (χ3v) is 5.04. The first-order chi connectivity index (χ1) is 12.6. The molecule has 1 N–H and O–H groups in total. The monoisotopic (exact) mass is 361 g/mol. The molecular weight excluding hydrogens is 329 g/mol. The number of benzene rings is 1. The molecule has 0 unspecified atom stereocenters. The Morgan fingerprint density at radius 3 is 2.65 bits per heavy atom. The molecule has 1 aliphatic heterocycles. The highest BCUT2D eigenvalue weighted by molar-refractivity contribution is 5.79.